The van der Waals surface area contributed by atoms with Gasteiger partial charge in [-0.1, -0.05) is 6.07 Å². The second-order valence-electron chi connectivity index (χ2n) is 5.33. The van der Waals surface area contributed by atoms with Crippen molar-refractivity contribution in [2.75, 3.05) is 12.4 Å². The SMILES string of the molecule is COCc1nc(CN=C(N)Nc2ccc3c(c2)CCC3)cs1.I. The molecule has 5 nitrogen and oxygen atoms in total. The number of ether oxygens (including phenoxy) is 1. The van der Waals surface area contributed by atoms with E-state index in [1.807, 2.05) is 5.38 Å². The first-order chi connectivity index (χ1) is 10.7. The van der Waals surface area contributed by atoms with Gasteiger partial charge in [0.15, 0.2) is 5.96 Å². The number of aryl methyl sites for hydroxylation is 2. The Balaban J connectivity index is 0.00000192. The number of nitrogens with zero attached hydrogens (tertiary/aromatic N) is 2. The number of nitrogens with two attached hydrogens (primary N) is 1. The Morgan fingerprint density at radius 1 is 1.39 bits per heavy atom. The highest BCUT2D eigenvalue weighted by molar-refractivity contribution is 14.0. The number of benzene rings is 1. The Labute approximate surface area is 157 Å². The predicted molar refractivity (Wildman–Crippen MR) is 106 cm³/mol. The molecule has 1 aromatic heterocycles. The fraction of sp³-hybridized carbons (Fsp3) is 0.375. The molecule has 0 amide bonds. The lowest BCUT2D eigenvalue weighted by Crippen LogP contribution is -2.22. The summed E-state index contributed by atoms with van der Waals surface area (Å²) in [7, 11) is 1.66. The highest BCUT2D eigenvalue weighted by Gasteiger charge is 2.10. The summed E-state index contributed by atoms with van der Waals surface area (Å²) in [5, 5.41) is 6.10. The molecule has 0 fully saturated rings. The number of thiazole rings is 1. The van der Waals surface area contributed by atoms with Crippen LogP contribution in [-0.2, 0) is 30.7 Å². The zero-order chi connectivity index (χ0) is 15.4. The number of fused-ring (bicyclic) bond motifs is 1. The summed E-state index contributed by atoms with van der Waals surface area (Å²) in [6.45, 7) is 1.02. The average Bonchev–Trinajstić information content (AvgIpc) is 3.14. The van der Waals surface area contributed by atoms with Crippen molar-refractivity contribution in [1.82, 2.24) is 4.98 Å². The zero-order valence-corrected chi connectivity index (χ0v) is 16.2. The van der Waals surface area contributed by atoms with E-state index in [0.29, 0.717) is 19.1 Å². The molecule has 1 aliphatic carbocycles. The lowest BCUT2D eigenvalue weighted by atomic mass is 10.1. The molecule has 124 valence electrons. The van der Waals surface area contributed by atoms with Crippen molar-refractivity contribution in [1.29, 1.82) is 0 Å². The van der Waals surface area contributed by atoms with Gasteiger partial charge in [-0.25, -0.2) is 9.98 Å². The van der Waals surface area contributed by atoms with E-state index in [1.165, 1.54) is 24.0 Å². The molecular formula is C16H21IN4OS. The molecule has 1 heterocycles. The van der Waals surface area contributed by atoms with E-state index in [4.69, 9.17) is 10.5 Å². The first kappa shape index (κ1) is 18.2. The van der Waals surface area contributed by atoms with Crippen LogP contribution < -0.4 is 11.1 Å². The second-order valence-corrected chi connectivity index (χ2v) is 6.27. The third kappa shape index (κ3) is 4.89. The quantitative estimate of drug-likeness (QED) is 0.422. The van der Waals surface area contributed by atoms with Crippen LogP contribution in [0.15, 0.2) is 28.6 Å². The smallest absolute Gasteiger partial charge is 0.193 e. The van der Waals surface area contributed by atoms with Crippen LogP contribution in [0.5, 0.6) is 0 Å². The normalized spacial score (nSPS) is 13.5. The minimum atomic E-state index is 0. The number of aromatic nitrogens is 1. The molecule has 0 aliphatic heterocycles. The summed E-state index contributed by atoms with van der Waals surface area (Å²) in [4.78, 5) is 8.77. The molecule has 23 heavy (non-hydrogen) atoms. The molecule has 3 rings (SSSR count). The molecule has 0 radical (unpaired) electrons. The maximum atomic E-state index is 5.95. The van der Waals surface area contributed by atoms with E-state index in [-0.39, 0.29) is 24.0 Å². The number of anilines is 1. The van der Waals surface area contributed by atoms with Gasteiger partial charge in [-0.05, 0) is 42.5 Å². The lowest BCUT2D eigenvalue weighted by molar-refractivity contribution is 0.184. The van der Waals surface area contributed by atoms with E-state index in [0.717, 1.165) is 22.8 Å². The van der Waals surface area contributed by atoms with Gasteiger partial charge in [0, 0.05) is 18.2 Å². The first-order valence-corrected chi connectivity index (χ1v) is 8.23. The van der Waals surface area contributed by atoms with Crippen LogP contribution in [-0.4, -0.2) is 18.1 Å². The summed E-state index contributed by atoms with van der Waals surface area (Å²) >= 11 is 1.58. The van der Waals surface area contributed by atoms with Gasteiger partial charge in [0.1, 0.15) is 5.01 Å². The van der Waals surface area contributed by atoms with E-state index in [1.54, 1.807) is 18.4 Å². The summed E-state index contributed by atoms with van der Waals surface area (Å²) in [6.07, 6.45) is 3.59. The van der Waals surface area contributed by atoms with Crippen molar-refractivity contribution in [2.24, 2.45) is 10.7 Å². The summed E-state index contributed by atoms with van der Waals surface area (Å²) < 4.78 is 5.06. The van der Waals surface area contributed by atoms with Gasteiger partial charge >= 0.3 is 0 Å². The molecule has 2 aromatic rings. The summed E-state index contributed by atoms with van der Waals surface area (Å²) in [5.74, 6) is 0.416. The number of guanidine groups is 1. The number of halogens is 1. The number of aliphatic imine (C=N–C) groups is 1. The van der Waals surface area contributed by atoms with Crippen LogP contribution in [0.2, 0.25) is 0 Å². The maximum absolute atomic E-state index is 5.95. The molecule has 0 unspecified atom stereocenters. The molecule has 0 atom stereocenters. The van der Waals surface area contributed by atoms with Crippen LogP contribution in [0.3, 0.4) is 0 Å². The highest BCUT2D eigenvalue weighted by atomic mass is 127. The van der Waals surface area contributed by atoms with Crippen LogP contribution in [0.25, 0.3) is 0 Å². The molecular weight excluding hydrogens is 423 g/mol. The van der Waals surface area contributed by atoms with Crippen molar-refractivity contribution in [2.45, 2.75) is 32.4 Å². The molecule has 0 bridgehead atoms. The van der Waals surface area contributed by atoms with Crippen LogP contribution in [0, 0.1) is 0 Å². The third-order valence-corrected chi connectivity index (χ3v) is 4.52. The molecule has 1 aliphatic rings. The van der Waals surface area contributed by atoms with Gasteiger partial charge in [-0.3, -0.25) is 0 Å². The molecule has 7 heteroatoms. The minimum Gasteiger partial charge on any atom is -0.378 e. The maximum Gasteiger partial charge on any atom is 0.193 e. The van der Waals surface area contributed by atoms with Crippen molar-refractivity contribution in [3.8, 4) is 0 Å². The number of rotatable bonds is 5. The van der Waals surface area contributed by atoms with Crippen LogP contribution in [0.1, 0.15) is 28.2 Å². The fourth-order valence-electron chi connectivity index (χ4n) is 2.61. The topological polar surface area (TPSA) is 72.5 Å². The van der Waals surface area contributed by atoms with E-state index in [9.17, 15) is 0 Å². The van der Waals surface area contributed by atoms with Crippen molar-refractivity contribution in [3.63, 3.8) is 0 Å². The van der Waals surface area contributed by atoms with E-state index >= 15 is 0 Å². The van der Waals surface area contributed by atoms with Gasteiger partial charge in [0.2, 0.25) is 0 Å². The summed E-state index contributed by atoms with van der Waals surface area (Å²) in [5.41, 5.74) is 10.7. The molecule has 0 spiro atoms. The van der Waals surface area contributed by atoms with E-state index in [2.05, 4.69) is 33.5 Å². The Hall–Kier alpha value is -1.19. The lowest BCUT2D eigenvalue weighted by Gasteiger charge is -2.07. The molecule has 0 saturated heterocycles. The number of methoxy groups -OCH3 is 1. The Morgan fingerprint density at radius 2 is 2.22 bits per heavy atom. The molecule has 3 N–H and O–H groups in total. The standard InChI is InChI=1S/C16H20N4OS.HI/c1-21-9-15-19-14(10-22-15)8-18-16(17)20-13-6-5-11-3-2-4-12(11)7-13;/h5-7,10H,2-4,8-9H2,1H3,(H3,17,18,20);1H. The van der Waals surface area contributed by atoms with Gasteiger partial charge in [0.05, 0.1) is 18.8 Å². The van der Waals surface area contributed by atoms with Gasteiger partial charge < -0.3 is 15.8 Å². The van der Waals surface area contributed by atoms with Gasteiger partial charge in [0.25, 0.3) is 0 Å². The van der Waals surface area contributed by atoms with Crippen LogP contribution >= 0.6 is 35.3 Å². The van der Waals surface area contributed by atoms with Crippen molar-refractivity contribution >= 4 is 47.0 Å². The monoisotopic (exact) mass is 444 g/mol. The zero-order valence-electron chi connectivity index (χ0n) is 13.0. The van der Waals surface area contributed by atoms with Crippen molar-refractivity contribution in [3.05, 3.63) is 45.4 Å². The number of hydrogen-bond acceptors (Lipinski definition) is 4. The third-order valence-electron chi connectivity index (χ3n) is 3.65. The Kier molecular flexibility index (Phi) is 6.79. The molecule has 1 aromatic carbocycles. The Bertz CT molecular complexity index is 686. The minimum absolute atomic E-state index is 0. The second kappa shape index (κ2) is 8.60. The largest absolute Gasteiger partial charge is 0.378 e. The van der Waals surface area contributed by atoms with E-state index < -0.39 is 0 Å². The molecule has 0 saturated carbocycles. The Morgan fingerprint density at radius 3 is 3.04 bits per heavy atom. The number of nitrogens with one attached hydrogen (secondary N) is 1. The highest BCUT2D eigenvalue weighted by Crippen LogP contribution is 2.24. The summed E-state index contributed by atoms with van der Waals surface area (Å²) in [6, 6.07) is 6.41. The van der Waals surface area contributed by atoms with Gasteiger partial charge in [-0.2, -0.15) is 0 Å². The number of hydrogen-bond donors (Lipinski definition) is 2. The predicted octanol–water partition coefficient (Wildman–Crippen LogP) is 3.32. The first-order valence-electron chi connectivity index (χ1n) is 7.35. The van der Waals surface area contributed by atoms with Crippen LogP contribution in [0.4, 0.5) is 5.69 Å². The fourth-order valence-corrected chi connectivity index (χ4v) is 3.37. The average molecular weight is 444 g/mol. The van der Waals surface area contributed by atoms with Crippen molar-refractivity contribution < 1.29 is 4.74 Å². The van der Waals surface area contributed by atoms with Gasteiger partial charge in [-0.15, -0.1) is 35.3 Å².